The summed E-state index contributed by atoms with van der Waals surface area (Å²) < 4.78 is 19.5. The van der Waals surface area contributed by atoms with Gasteiger partial charge < -0.3 is 23.7 Å². The van der Waals surface area contributed by atoms with E-state index in [1.54, 1.807) is 0 Å². The van der Waals surface area contributed by atoms with Crippen molar-refractivity contribution in [2.75, 3.05) is 9.80 Å². The molecule has 0 radical (unpaired) electrons. The Morgan fingerprint density at radius 2 is 1.30 bits per heavy atom. The third-order valence-corrected chi connectivity index (χ3v) is 10.4. The molecular weight excluding hydrogens is 874 g/mol. The van der Waals surface area contributed by atoms with Crippen LogP contribution in [0.25, 0.3) is 21.9 Å². The van der Waals surface area contributed by atoms with E-state index in [2.05, 4.69) is 141 Å². The summed E-state index contributed by atoms with van der Waals surface area (Å²) in [6, 6.07) is 52.2. The fourth-order valence-corrected chi connectivity index (χ4v) is 7.30. The number of benzene rings is 6. The van der Waals surface area contributed by atoms with E-state index in [4.69, 9.17) is 13.9 Å². The van der Waals surface area contributed by atoms with Crippen LogP contribution >= 0.6 is 0 Å². The smallest absolute Gasteiger partial charge is 0.149 e. The van der Waals surface area contributed by atoms with Gasteiger partial charge in [0.25, 0.3) is 0 Å². The first-order chi connectivity index (χ1) is 26.6. The number of hydrogen-bond acceptors (Lipinski definition) is 6. The van der Waals surface area contributed by atoms with Crippen molar-refractivity contribution >= 4 is 44.7 Å². The van der Waals surface area contributed by atoms with Crippen molar-refractivity contribution < 1.29 is 35.0 Å². The van der Waals surface area contributed by atoms with Gasteiger partial charge >= 0.3 is 0 Å². The number of pyridine rings is 1. The van der Waals surface area contributed by atoms with Crippen LogP contribution in [0.3, 0.4) is 0 Å². The van der Waals surface area contributed by atoms with E-state index in [0.717, 1.165) is 50.2 Å². The fraction of sp³-hybridized carbons (Fsp3) is 0.143. The molecular formula is C49H40N3O3Pt-3. The molecule has 0 N–H and O–H groups in total. The molecule has 6 nitrogen and oxygen atoms in total. The van der Waals surface area contributed by atoms with Crippen molar-refractivity contribution in [1.82, 2.24) is 4.98 Å². The maximum atomic E-state index is 6.83. The number of nitrogens with zero attached hydrogens (tertiary/aromatic N) is 3. The molecule has 0 unspecified atom stereocenters. The molecule has 8 aromatic rings. The summed E-state index contributed by atoms with van der Waals surface area (Å²) in [7, 11) is 0. The maximum absolute atomic E-state index is 6.83. The predicted molar refractivity (Wildman–Crippen MR) is 221 cm³/mol. The molecule has 0 amide bonds. The fourth-order valence-electron chi connectivity index (χ4n) is 7.30. The quantitative estimate of drug-likeness (QED) is 0.142. The first kappa shape index (κ1) is 37.1. The molecule has 2 aromatic heterocycles. The summed E-state index contributed by atoms with van der Waals surface area (Å²) >= 11 is 0. The number of rotatable bonds is 8. The Labute approximate surface area is 342 Å². The number of furan rings is 1. The molecule has 1 aliphatic rings. The second-order valence-electron chi connectivity index (χ2n) is 15.4. The van der Waals surface area contributed by atoms with E-state index >= 15 is 0 Å². The minimum absolute atomic E-state index is 0. The van der Waals surface area contributed by atoms with Crippen molar-refractivity contribution in [2.24, 2.45) is 0 Å². The largest absolute Gasteiger partial charge is 0.509 e. The number of aromatic nitrogens is 1. The minimum atomic E-state index is -0.319. The molecule has 1 aliphatic heterocycles. The van der Waals surface area contributed by atoms with Gasteiger partial charge in [0.05, 0.1) is 11.9 Å². The van der Waals surface area contributed by atoms with Crippen LogP contribution in [0.4, 0.5) is 22.7 Å². The number of anilines is 4. The van der Waals surface area contributed by atoms with Gasteiger partial charge in [-0.25, -0.2) is 0 Å². The minimum Gasteiger partial charge on any atom is -0.509 e. The average molecular weight is 914 g/mol. The van der Waals surface area contributed by atoms with Gasteiger partial charge in [0.15, 0.2) is 0 Å². The summed E-state index contributed by atoms with van der Waals surface area (Å²) in [5.41, 5.74) is 8.11. The molecule has 9 rings (SSSR count). The van der Waals surface area contributed by atoms with Crippen molar-refractivity contribution in [3.05, 3.63) is 181 Å². The Morgan fingerprint density at radius 3 is 2.09 bits per heavy atom. The van der Waals surface area contributed by atoms with Gasteiger partial charge in [0.1, 0.15) is 17.1 Å². The summed E-state index contributed by atoms with van der Waals surface area (Å²) in [6.45, 7) is 13.1. The van der Waals surface area contributed by atoms with E-state index in [1.807, 2.05) is 73.1 Å². The topological polar surface area (TPSA) is 51.0 Å². The van der Waals surface area contributed by atoms with E-state index < -0.39 is 0 Å². The van der Waals surface area contributed by atoms with Crippen molar-refractivity contribution in [3.63, 3.8) is 0 Å². The van der Waals surface area contributed by atoms with Crippen molar-refractivity contribution in [3.8, 4) is 23.0 Å². The first-order valence-corrected chi connectivity index (χ1v) is 18.5. The maximum Gasteiger partial charge on any atom is 0.149 e. The molecule has 3 heterocycles. The molecule has 0 atom stereocenters. The molecule has 0 fully saturated rings. The zero-order chi connectivity index (χ0) is 37.7. The van der Waals surface area contributed by atoms with Gasteiger partial charge in [-0.2, -0.15) is 6.07 Å². The molecule has 0 saturated heterocycles. The monoisotopic (exact) mass is 913 g/mol. The van der Waals surface area contributed by atoms with E-state index in [0.29, 0.717) is 28.6 Å². The molecule has 0 bridgehead atoms. The first-order valence-electron chi connectivity index (χ1n) is 18.5. The SMILES string of the molecule is CC(C)(C)c1cc(Oc2[c-]c3oc4ccccc4c3cc2)[c-]c(N2[CH-]N(c3ccccc3Oc3cnccc3C(C)(C)c3ccccc3)c3ccccc32)c1.[Pt]. The molecule has 0 aliphatic carbocycles. The van der Waals surface area contributed by atoms with Crippen LogP contribution in [0.15, 0.2) is 150 Å². The number of hydrogen-bond donors (Lipinski definition) is 0. The Bertz CT molecular complexity index is 2680. The molecule has 56 heavy (non-hydrogen) atoms. The van der Waals surface area contributed by atoms with Gasteiger partial charge in [0.2, 0.25) is 0 Å². The zero-order valence-electron chi connectivity index (χ0n) is 31.8. The van der Waals surface area contributed by atoms with E-state index in [1.165, 1.54) is 5.56 Å². The summed E-state index contributed by atoms with van der Waals surface area (Å²) in [4.78, 5) is 8.81. The Balaban J connectivity index is 0.00000441. The van der Waals surface area contributed by atoms with E-state index in [-0.39, 0.29) is 31.9 Å². The Kier molecular flexibility index (Phi) is 9.72. The molecule has 6 aromatic carbocycles. The van der Waals surface area contributed by atoms with Crippen LogP contribution in [-0.2, 0) is 31.9 Å². The Hall–Kier alpha value is -5.84. The molecule has 0 saturated carbocycles. The second kappa shape index (κ2) is 14.7. The third-order valence-electron chi connectivity index (χ3n) is 10.4. The van der Waals surface area contributed by atoms with Crippen LogP contribution in [0, 0.1) is 18.8 Å². The normalized spacial score (nSPS) is 12.8. The van der Waals surface area contributed by atoms with Gasteiger partial charge in [0, 0.05) is 66.7 Å². The number of fused-ring (bicyclic) bond motifs is 4. The average Bonchev–Trinajstić information content (AvgIpc) is 3.77. The number of ether oxygens (including phenoxy) is 2. The van der Waals surface area contributed by atoms with Crippen LogP contribution < -0.4 is 19.3 Å². The van der Waals surface area contributed by atoms with Crippen molar-refractivity contribution in [2.45, 2.75) is 45.4 Å². The summed E-state index contributed by atoms with van der Waals surface area (Å²) in [5, 5.41) is 2.06. The van der Waals surface area contributed by atoms with Gasteiger partial charge in [-0.05, 0) is 52.8 Å². The van der Waals surface area contributed by atoms with Gasteiger partial charge in [-0.1, -0.05) is 119 Å². The van der Waals surface area contributed by atoms with Crippen LogP contribution in [0.5, 0.6) is 23.0 Å². The van der Waals surface area contributed by atoms with Crippen LogP contribution in [-0.4, -0.2) is 4.98 Å². The molecule has 282 valence electrons. The Morgan fingerprint density at radius 1 is 0.607 bits per heavy atom. The van der Waals surface area contributed by atoms with Crippen LogP contribution in [0.1, 0.15) is 51.3 Å². The number of para-hydroxylation sites is 5. The molecule has 7 heteroatoms. The summed E-state index contributed by atoms with van der Waals surface area (Å²) in [6.07, 6.45) is 3.64. The predicted octanol–water partition coefficient (Wildman–Crippen LogP) is 13.2. The van der Waals surface area contributed by atoms with Crippen LogP contribution in [0.2, 0.25) is 0 Å². The van der Waals surface area contributed by atoms with Gasteiger partial charge in [-0.15, -0.1) is 42.2 Å². The third kappa shape index (κ3) is 6.84. The molecule has 0 spiro atoms. The van der Waals surface area contributed by atoms with Gasteiger partial charge in [-0.3, -0.25) is 4.98 Å². The zero-order valence-corrected chi connectivity index (χ0v) is 34.1. The standard InChI is InChI=1S/C49H40N3O3.Pt/c1-48(2,3)34-27-35(29-37(28-34)53-36-23-24-39-38-17-9-13-21-44(38)54-46(39)30-36)51-32-52(42-19-11-10-18-41(42)51)43-20-12-14-22-45(43)55-47-31-50-26-25-40(47)49(4,5)33-15-7-6-8-16-33;/h6-28,31-32H,1-5H3;/q-3;. The summed E-state index contributed by atoms with van der Waals surface area (Å²) in [5.74, 6) is 2.57. The van der Waals surface area contributed by atoms with Crippen molar-refractivity contribution in [1.29, 1.82) is 0 Å². The second-order valence-corrected chi connectivity index (χ2v) is 15.4. The van der Waals surface area contributed by atoms with E-state index in [9.17, 15) is 0 Å².